The quantitative estimate of drug-likeness (QED) is 0.333. The molecule has 0 aliphatic rings. The Morgan fingerprint density at radius 1 is 1.15 bits per heavy atom. The lowest BCUT2D eigenvalue weighted by Gasteiger charge is -2.03. The monoisotopic (exact) mass is 196 g/mol. The third kappa shape index (κ3) is 8.04. The lowest BCUT2D eigenvalue weighted by molar-refractivity contribution is 0.644. The Balaban J connectivity index is 3.26. The molecule has 76 valence electrons. The maximum atomic E-state index is 3.73. The first-order valence-corrected chi connectivity index (χ1v) is 6.42. The summed E-state index contributed by atoms with van der Waals surface area (Å²) in [5, 5.41) is 1.63. The molecular weight excluding hydrogens is 172 g/mol. The van der Waals surface area contributed by atoms with Crippen molar-refractivity contribution >= 4 is 10.2 Å². The third-order valence-corrected chi connectivity index (χ3v) is 3.42. The van der Waals surface area contributed by atoms with E-state index in [0.717, 1.165) is 0 Å². The molecule has 0 aromatic heterocycles. The number of rotatable bonds is 7. The second kappa shape index (κ2) is 8.30. The van der Waals surface area contributed by atoms with Gasteiger partial charge in [0.15, 0.2) is 0 Å². The summed E-state index contributed by atoms with van der Waals surface area (Å²) in [6, 6.07) is 0. The maximum absolute atomic E-state index is 3.73. The molecule has 0 bridgehead atoms. The van der Waals surface area contributed by atoms with Crippen LogP contribution >= 0.6 is 0 Å². The average Bonchev–Trinajstić information content (AvgIpc) is 2.10. The van der Waals surface area contributed by atoms with E-state index in [0.29, 0.717) is 0 Å². The van der Waals surface area contributed by atoms with Crippen LogP contribution in [0.15, 0.2) is 23.4 Å². The van der Waals surface area contributed by atoms with E-state index in [4.69, 9.17) is 0 Å². The van der Waals surface area contributed by atoms with Gasteiger partial charge in [0.05, 0.1) is 0 Å². The fourth-order valence-corrected chi connectivity index (χ4v) is 1.53. The molecule has 0 aromatic rings. The lowest BCUT2D eigenvalue weighted by atomic mass is 10.1. The Morgan fingerprint density at radius 3 is 2.31 bits per heavy atom. The highest BCUT2D eigenvalue weighted by molar-refractivity contribution is 6.21. The minimum Gasteiger partial charge on any atom is -0.103 e. The van der Waals surface area contributed by atoms with Gasteiger partial charge < -0.3 is 0 Å². The topological polar surface area (TPSA) is 0 Å². The van der Waals surface area contributed by atoms with Crippen molar-refractivity contribution in [3.63, 3.8) is 0 Å². The molecular formula is C12H24Si. The molecule has 0 saturated carbocycles. The molecule has 0 spiro atoms. The largest absolute Gasteiger partial charge is 0.103 e. The molecule has 0 rings (SSSR count). The highest BCUT2D eigenvalue weighted by Crippen LogP contribution is 2.12. The van der Waals surface area contributed by atoms with Crippen molar-refractivity contribution in [1.82, 2.24) is 0 Å². The van der Waals surface area contributed by atoms with Crippen molar-refractivity contribution in [2.24, 2.45) is 0 Å². The van der Waals surface area contributed by atoms with E-state index in [1.807, 2.05) is 6.08 Å². The van der Waals surface area contributed by atoms with Gasteiger partial charge in [-0.25, -0.2) is 0 Å². The van der Waals surface area contributed by atoms with Crippen LogP contribution in [0.3, 0.4) is 0 Å². The molecule has 0 unspecified atom stereocenters. The molecule has 0 aromatic carbocycles. The Hall–Kier alpha value is -0.303. The summed E-state index contributed by atoms with van der Waals surface area (Å²) in [5.41, 5.74) is 1.63. The van der Waals surface area contributed by atoms with Crippen LogP contribution in [0.1, 0.15) is 52.4 Å². The van der Waals surface area contributed by atoms with E-state index in [9.17, 15) is 0 Å². The summed E-state index contributed by atoms with van der Waals surface area (Å²) in [7, 11) is 1.24. The maximum Gasteiger partial charge on any atom is 0.0328 e. The fourth-order valence-electron chi connectivity index (χ4n) is 1.28. The summed E-state index contributed by atoms with van der Waals surface area (Å²) in [6.45, 7) is 8.27. The zero-order chi connectivity index (χ0) is 10.1. The van der Waals surface area contributed by atoms with Gasteiger partial charge >= 0.3 is 0 Å². The van der Waals surface area contributed by atoms with Gasteiger partial charge in [-0.3, -0.25) is 0 Å². The van der Waals surface area contributed by atoms with Crippen molar-refractivity contribution in [2.45, 2.75) is 52.4 Å². The van der Waals surface area contributed by atoms with Crippen molar-refractivity contribution < 1.29 is 0 Å². The van der Waals surface area contributed by atoms with Crippen molar-refractivity contribution in [3.8, 4) is 0 Å². The SMILES string of the molecule is C=CCCCCCCC(C)=C(C)[SiH3]. The van der Waals surface area contributed by atoms with Crippen LogP contribution in [0.5, 0.6) is 0 Å². The smallest absolute Gasteiger partial charge is 0.0328 e. The molecule has 13 heavy (non-hydrogen) atoms. The molecule has 0 fully saturated rings. The van der Waals surface area contributed by atoms with E-state index in [1.54, 1.807) is 10.8 Å². The molecule has 0 radical (unpaired) electrons. The van der Waals surface area contributed by atoms with Gasteiger partial charge in [0.1, 0.15) is 0 Å². The Labute approximate surface area is 86.5 Å². The van der Waals surface area contributed by atoms with Crippen molar-refractivity contribution in [2.75, 3.05) is 0 Å². The highest BCUT2D eigenvalue weighted by Gasteiger charge is 1.93. The van der Waals surface area contributed by atoms with Crippen molar-refractivity contribution in [3.05, 3.63) is 23.4 Å². The highest BCUT2D eigenvalue weighted by atomic mass is 28.1. The lowest BCUT2D eigenvalue weighted by Crippen LogP contribution is -1.85. The van der Waals surface area contributed by atoms with E-state index < -0.39 is 0 Å². The number of unbranched alkanes of at least 4 members (excludes halogenated alkanes) is 4. The fraction of sp³-hybridized carbons (Fsp3) is 0.667. The minimum atomic E-state index is 1.19. The normalized spacial score (nSPS) is 12.8. The number of hydrogen-bond donors (Lipinski definition) is 0. The zero-order valence-corrected chi connectivity index (χ0v) is 11.5. The zero-order valence-electron chi connectivity index (χ0n) is 9.53. The molecule has 0 nitrogen and oxygen atoms in total. The summed E-state index contributed by atoms with van der Waals surface area (Å²) in [6.07, 6.45) is 10.00. The number of hydrogen-bond acceptors (Lipinski definition) is 0. The Bertz CT molecular complexity index is 164. The van der Waals surface area contributed by atoms with Gasteiger partial charge in [-0.2, -0.15) is 0 Å². The molecule has 0 aliphatic heterocycles. The second-order valence-corrected chi connectivity index (χ2v) is 5.52. The summed E-state index contributed by atoms with van der Waals surface area (Å²) >= 11 is 0. The van der Waals surface area contributed by atoms with Crippen LogP contribution < -0.4 is 0 Å². The van der Waals surface area contributed by atoms with Crippen LogP contribution in [0.25, 0.3) is 0 Å². The predicted octanol–water partition coefficient (Wildman–Crippen LogP) is 3.17. The van der Waals surface area contributed by atoms with Crippen LogP contribution in [0, 0.1) is 0 Å². The van der Waals surface area contributed by atoms with Crippen molar-refractivity contribution in [1.29, 1.82) is 0 Å². The molecule has 0 atom stereocenters. The van der Waals surface area contributed by atoms with Gasteiger partial charge in [-0.15, -0.1) is 6.58 Å². The van der Waals surface area contributed by atoms with Crippen LogP contribution in [-0.4, -0.2) is 10.2 Å². The van der Waals surface area contributed by atoms with Gasteiger partial charge in [-0.05, 0) is 39.5 Å². The second-order valence-electron chi connectivity index (χ2n) is 4.02. The van der Waals surface area contributed by atoms with Gasteiger partial charge in [-0.1, -0.05) is 29.7 Å². The standard InChI is InChI=1S/C12H24Si/c1-4-5-6-7-8-9-10-11(2)12(3)13/h4H,1,5-10H2,2-3,13H3. The third-order valence-electron chi connectivity index (χ3n) is 2.56. The molecule has 0 heterocycles. The van der Waals surface area contributed by atoms with Crippen LogP contribution in [-0.2, 0) is 0 Å². The Kier molecular flexibility index (Phi) is 8.11. The van der Waals surface area contributed by atoms with Gasteiger partial charge in [0, 0.05) is 10.2 Å². The summed E-state index contributed by atoms with van der Waals surface area (Å²) in [5.74, 6) is 0. The van der Waals surface area contributed by atoms with Crippen LogP contribution in [0.2, 0.25) is 0 Å². The molecule has 0 N–H and O–H groups in total. The molecule has 1 heteroatoms. The Morgan fingerprint density at radius 2 is 1.77 bits per heavy atom. The summed E-state index contributed by atoms with van der Waals surface area (Å²) in [4.78, 5) is 0. The van der Waals surface area contributed by atoms with E-state index in [-0.39, 0.29) is 0 Å². The molecule has 0 amide bonds. The minimum absolute atomic E-state index is 1.19. The van der Waals surface area contributed by atoms with Crippen LogP contribution in [0.4, 0.5) is 0 Å². The average molecular weight is 196 g/mol. The van der Waals surface area contributed by atoms with Gasteiger partial charge in [0.2, 0.25) is 0 Å². The summed E-state index contributed by atoms with van der Waals surface area (Å²) < 4.78 is 0. The first-order valence-electron chi connectivity index (χ1n) is 5.42. The first-order chi connectivity index (χ1) is 6.18. The van der Waals surface area contributed by atoms with E-state index in [1.165, 1.54) is 48.8 Å². The molecule has 0 aliphatic carbocycles. The predicted molar refractivity (Wildman–Crippen MR) is 66.2 cm³/mol. The van der Waals surface area contributed by atoms with E-state index in [2.05, 4.69) is 20.4 Å². The molecule has 0 saturated heterocycles. The van der Waals surface area contributed by atoms with Gasteiger partial charge in [0.25, 0.3) is 0 Å². The number of allylic oxidation sites excluding steroid dienone is 3. The first kappa shape index (κ1) is 12.7. The van der Waals surface area contributed by atoms with E-state index >= 15 is 0 Å².